The number of pyridine rings is 1. The lowest BCUT2D eigenvalue weighted by Crippen LogP contribution is -2.39. The largest absolute Gasteiger partial charge is 0.390 e. The van der Waals surface area contributed by atoms with Gasteiger partial charge in [0.15, 0.2) is 5.82 Å². The number of nitrogens with zero attached hydrogens (tertiary/aromatic N) is 3. The van der Waals surface area contributed by atoms with Gasteiger partial charge in [-0.3, -0.25) is 4.40 Å². The number of aliphatic hydroxyl groups excluding tert-OH is 1. The van der Waals surface area contributed by atoms with E-state index in [1.807, 2.05) is 28.8 Å². The number of fused-ring (bicyclic) bond motifs is 1. The summed E-state index contributed by atoms with van der Waals surface area (Å²) in [7, 11) is 0. The van der Waals surface area contributed by atoms with E-state index in [0.717, 1.165) is 36.2 Å². The van der Waals surface area contributed by atoms with E-state index in [0.29, 0.717) is 5.92 Å². The van der Waals surface area contributed by atoms with Crippen LogP contribution in [0.1, 0.15) is 26.0 Å². The lowest BCUT2D eigenvalue weighted by atomic mass is 9.89. The summed E-state index contributed by atoms with van der Waals surface area (Å²) in [6.45, 7) is 6.70. The zero-order chi connectivity index (χ0) is 13.4. The molecular formula is C15H21N3O. The fraction of sp³-hybridized carbons (Fsp3) is 0.533. The van der Waals surface area contributed by atoms with Gasteiger partial charge < -0.3 is 10.0 Å². The second kappa shape index (κ2) is 4.85. The summed E-state index contributed by atoms with van der Waals surface area (Å²) in [5.74, 6) is 2.39. The van der Waals surface area contributed by atoms with Gasteiger partial charge in [0.25, 0.3) is 0 Å². The SMILES string of the molecule is CC1CCN(c2nc3ccccn3c2CO)CC1C. The first kappa shape index (κ1) is 12.5. The van der Waals surface area contributed by atoms with E-state index < -0.39 is 0 Å². The Balaban J connectivity index is 2.00. The predicted molar refractivity (Wildman–Crippen MR) is 76.3 cm³/mol. The van der Waals surface area contributed by atoms with Crippen LogP contribution in [0.2, 0.25) is 0 Å². The van der Waals surface area contributed by atoms with Crippen LogP contribution in [0, 0.1) is 11.8 Å². The van der Waals surface area contributed by atoms with Crippen molar-refractivity contribution in [2.24, 2.45) is 11.8 Å². The zero-order valence-electron chi connectivity index (χ0n) is 11.6. The van der Waals surface area contributed by atoms with Gasteiger partial charge in [-0.1, -0.05) is 19.9 Å². The van der Waals surface area contributed by atoms with Crippen LogP contribution in [0.15, 0.2) is 24.4 Å². The predicted octanol–water partition coefficient (Wildman–Crippen LogP) is 2.31. The number of aliphatic hydroxyl groups is 1. The Morgan fingerprint density at radius 3 is 2.89 bits per heavy atom. The van der Waals surface area contributed by atoms with Crippen LogP contribution in [-0.4, -0.2) is 27.6 Å². The minimum Gasteiger partial charge on any atom is -0.390 e. The van der Waals surface area contributed by atoms with Crippen molar-refractivity contribution in [1.82, 2.24) is 9.38 Å². The van der Waals surface area contributed by atoms with Crippen molar-refractivity contribution in [3.05, 3.63) is 30.1 Å². The summed E-state index contributed by atoms with van der Waals surface area (Å²) in [6, 6.07) is 5.94. The molecule has 0 spiro atoms. The molecule has 2 aromatic rings. The minimum absolute atomic E-state index is 0.0287. The lowest BCUT2D eigenvalue weighted by molar-refractivity contribution is 0.274. The number of imidazole rings is 1. The van der Waals surface area contributed by atoms with Gasteiger partial charge in [0.1, 0.15) is 5.65 Å². The fourth-order valence-corrected chi connectivity index (χ4v) is 2.89. The molecule has 0 aliphatic carbocycles. The second-order valence-electron chi connectivity index (χ2n) is 5.66. The van der Waals surface area contributed by atoms with E-state index in [1.165, 1.54) is 6.42 Å². The first-order chi connectivity index (χ1) is 9.20. The average Bonchev–Trinajstić information content (AvgIpc) is 2.80. The molecule has 2 unspecified atom stereocenters. The van der Waals surface area contributed by atoms with Crippen LogP contribution in [0.5, 0.6) is 0 Å². The summed E-state index contributed by atoms with van der Waals surface area (Å²) in [5, 5.41) is 9.67. The second-order valence-corrected chi connectivity index (χ2v) is 5.66. The lowest BCUT2D eigenvalue weighted by Gasteiger charge is -2.35. The van der Waals surface area contributed by atoms with Crippen molar-refractivity contribution in [3.63, 3.8) is 0 Å². The Kier molecular flexibility index (Phi) is 3.19. The van der Waals surface area contributed by atoms with E-state index in [9.17, 15) is 5.11 Å². The third-order valence-corrected chi connectivity index (χ3v) is 4.39. The minimum atomic E-state index is 0.0287. The maximum atomic E-state index is 9.67. The standard InChI is InChI=1S/C15H21N3O/c1-11-6-8-17(9-12(11)2)15-13(10-19)18-7-4-3-5-14(18)16-15/h3-5,7,11-12,19H,6,8-10H2,1-2H3. The third kappa shape index (κ3) is 2.10. The molecule has 0 amide bonds. The van der Waals surface area contributed by atoms with Crippen molar-refractivity contribution < 1.29 is 5.11 Å². The summed E-state index contributed by atoms with van der Waals surface area (Å²) in [5.41, 5.74) is 1.81. The Morgan fingerprint density at radius 1 is 1.32 bits per heavy atom. The summed E-state index contributed by atoms with van der Waals surface area (Å²) < 4.78 is 1.98. The molecule has 1 N–H and O–H groups in total. The van der Waals surface area contributed by atoms with Crippen molar-refractivity contribution in [2.75, 3.05) is 18.0 Å². The number of piperidine rings is 1. The maximum absolute atomic E-state index is 9.67. The highest BCUT2D eigenvalue weighted by Gasteiger charge is 2.26. The first-order valence-corrected chi connectivity index (χ1v) is 7.02. The molecule has 0 aromatic carbocycles. The van der Waals surface area contributed by atoms with Gasteiger partial charge in [0.05, 0.1) is 12.3 Å². The molecule has 4 nitrogen and oxygen atoms in total. The van der Waals surface area contributed by atoms with Crippen molar-refractivity contribution in [2.45, 2.75) is 26.9 Å². The van der Waals surface area contributed by atoms with Crippen LogP contribution < -0.4 is 4.90 Å². The van der Waals surface area contributed by atoms with E-state index in [4.69, 9.17) is 4.98 Å². The highest BCUT2D eigenvalue weighted by atomic mass is 16.3. The maximum Gasteiger partial charge on any atom is 0.153 e. The zero-order valence-corrected chi connectivity index (χ0v) is 11.6. The molecule has 0 radical (unpaired) electrons. The van der Waals surface area contributed by atoms with Gasteiger partial charge in [-0.05, 0) is 30.4 Å². The van der Waals surface area contributed by atoms with Gasteiger partial charge in [-0.15, -0.1) is 0 Å². The Morgan fingerprint density at radius 2 is 2.16 bits per heavy atom. The molecule has 1 fully saturated rings. The van der Waals surface area contributed by atoms with Crippen LogP contribution in [0.3, 0.4) is 0 Å². The van der Waals surface area contributed by atoms with Gasteiger partial charge in [-0.2, -0.15) is 0 Å². The molecule has 1 aliphatic heterocycles. The summed E-state index contributed by atoms with van der Waals surface area (Å²) in [4.78, 5) is 7.02. The number of anilines is 1. The summed E-state index contributed by atoms with van der Waals surface area (Å²) >= 11 is 0. The van der Waals surface area contributed by atoms with E-state index in [-0.39, 0.29) is 6.61 Å². The number of hydrogen-bond donors (Lipinski definition) is 1. The molecule has 3 heterocycles. The number of hydrogen-bond acceptors (Lipinski definition) is 3. The van der Waals surface area contributed by atoms with Crippen LogP contribution >= 0.6 is 0 Å². The van der Waals surface area contributed by atoms with Gasteiger partial charge in [0, 0.05) is 19.3 Å². The van der Waals surface area contributed by atoms with Gasteiger partial charge >= 0.3 is 0 Å². The summed E-state index contributed by atoms with van der Waals surface area (Å²) in [6.07, 6.45) is 3.16. The number of rotatable bonds is 2. The highest BCUT2D eigenvalue weighted by molar-refractivity contribution is 5.56. The van der Waals surface area contributed by atoms with Crippen LogP contribution in [0.4, 0.5) is 5.82 Å². The Labute approximate surface area is 113 Å². The molecule has 2 atom stereocenters. The smallest absolute Gasteiger partial charge is 0.153 e. The fourth-order valence-electron chi connectivity index (χ4n) is 2.89. The van der Waals surface area contributed by atoms with Crippen LogP contribution in [0.25, 0.3) is 5.65 Å². The van der Waals surface area contributed by atoms with Crippen molar-refractivity contribution >= 4 is 11.5 Å². The average molecular weight is 259 g/mol. The number of aromatic nitrogens is 2. The highest BCUT2D eigenvalue weighted by Crippen LogP contribution is 2.29. The molecule has 3 rings (SSSR count). The van der Waals surface area contributed by atoms with E-state index in [1.54, 1.807) is 0 Å². The van der Waals surface area contributed by atoms with E-state index in [2.05, 4.69) is 18.7 Å². The molecule has 2 aromatic heterocycles. The molecular weight excluding hydrogens is 238 g/mol. The Hall–Kier alpha value is -1.55. The van der Waals surface area contributed by atoms with Crippen LogP contribution in [-0.2, 0) is 6.61 Å². The first-order valence-electron chi connectivity index (χ1n) is 7.02. The normalized spacial score (nSPS) is 24.1. The van der Waals surface area contributed by atoms with Crippen molar-refractivity contribution in [3.8, 4) is 0 Å². The molecule has 19 heavy (non-hydrogen) atoms. The molecule has 0 bridgehead atoms. The molecule has 0 saturated carbocycles. The van der Waals surface area contributed by atoms with Gasteiger partial charge in [-0.25, -0.2) is 4.98 Å². The Bertz CT molecular complexity index is 578. The molecule has 102 valence electrons. The third-order valence-electron chi connectivity index (χ3n) is 4.39. The quantitative estimate of drug-likeness (QED) is 0.899. The molecule has 4 heteroatoms. The molecule has 1 aliphatic rings. The topological polar surface area (TPSA) is 40.8 Å². The van der Waals surface area contributed by atoms with Crippen molar-refractivity contribution in [1.29, 1.82) is 0 Å². The molecule has 1 saturated heterocycles. The monoisotopic (exact) mass is 259 g/mol. The van der Waals surface area contributed by atoms with E-state index >= 15 is 0 Å². The van der Waals surface area contributed by atoms with Gasteiger partial charge in [0.2, 0.25) is 0 Å².